The Kier molecular flexibility index (Phi) is 7.50. The molecule has 0 fully saturated rings. The van der Waals surface area contributed by atoms with Gasteiger partial charge in [0.05, 0.1) is 12.3 Å². The van der Waals surface area contributed by atoms with E-state index < -0.39 is 0 Å². The van der Waals surface area contributed by atoms with Crippen LogP contribution >= 0.6 is 11.8 Å². The third-order valence-corrected chi connectivity index (χ3v) is 4.97. The maximum atomic E-state index is 12.2. The second kappa shape index (κ2) is 9.61. The first-order chi connectivity index (χ1) is 12.0. The van der Waals surface area contributed by atoms with E-state index in [4.69, 9.17) is 0 Å². The topological polar surface area (TPSA) is 59.8 Å². The average molecular weight is 361 g/mol. The van der Waals surface area contributed by atoms with Crippen LogP contribution in [0, 0.1) is 12.8 Å². The van der Waals surface area contributed by atoms with Crippen LogP contribution in [0.4, 0.5) is 0 Å². The van der Waals surface area contributed by atoms with Gasteiger partial charge in [-0.3, -0.25) is 4.79 Å². The monoisotopic (exact) mass is 360 g/mol. The molecule has 0 saturated carbocycles. The SMILES string of the molecule is Cc1nnc(SCC(=O)NC(C)CCC(C)C)n1Cc1ccccc1. The normalized spacial score (nSPS) is 12.4. The van der Waals surface area contributed by atoms with E-state index in [0.29, 0.717) is 18.2 Å². The highest BCUT2D eigenvalue weighted by Crippen LogP contribution is 2.18. The Bertz CT molecular complexity index is 669. The molecule has 1 N–H and O–H groups in total. The van der Waals surface area contributed by atoms with Gasteiger partial charge in [0.15, 0.2) is 5.16 Å². The van der Waals surface area contributed by atoms with E-state index in [0.717, 1.165) is 23.8 Å². The lowest BCUT2D eigenvalue weighted by Gasteiger charge is -2.15. The molecule has 1 heterocycles. The predicted octanol–water partition coefficient (Wildman–Crippen LogP) is 3.67. The summed E-state index contributed by atoms with van der Waals surface area (Å²) in [5.41, 5.74) is 1.19. The fourth-order valence-corrected chi connectivity index (χ4v) is 3.31. The van der Waals surface area contributed by atoms with Crippen LogP contribution < -0.4 is 5.32 Å². The highest BCUT2D eigenvalue weighted by molar-refractivity contribution is 7.99. The van der Waals surface area contributed by atoms with Crippen LogP contribution in [-0.2, 0) is 11.3 Å². The molecule has 0 bridgehead atoms. The number of carbonyl (C=O) groups excluding carboxylic acids is 1. The summed E-state index contributed by atoms with van der Waals surface area (Å²) in [6.07, 6.45) is 2.14. The van der Waals surface area contributed by atoms with Crippen LogP contribution in [0.2, 0.25) is 0 Å². The number of hydrogen-bond donors (Lipinski definition) is 1. The molecule has 2 aromatic rings. The molecule has 1 aromatic carbocycles. The third kappa shape index (κ3) is 6.53. The van der Waals surface area contributed by atoms with Gasteiger partial charge in [-0.05, 0) is 38.2 Å². The van der Waals surface area contributed by atoms with Gasteiger partial charge in [0.2, 0.25) is 5.91 Å². The number of rotatable bonds is 9. The summed E-state index contributed by atoms with van der Waals surface area (Å²) in [7, 11) is 0. The molecule has 1 unspecified atom stereocenters. The second-order valence-electron chi connectivity index (χ2n) is 6.83. The quantitative estimate of drug-likeness (QED) is 0.693. The van der Waals surface area contributed by atoms with E-state index in [2.05, 4.69) is 53.0 Å². The number of aryl methyl sites for hydroxylation is 1. The molecular weight excluding hydrogens is 332 g/mol. The molecule has 136 valence electrons. The summed E-state index contributed by atoms with van der Waals surface area (Å²) in [5.74, 6) is 1.93. The van der Waals surface area contributed by atoms with Crippen molar-refractivity contribution in [1.29, 1.82) is 0 Å². The number of nitrogens with one attached hydrogen (secondary N) is 1. The maximum Gasteiger partial charge on any atom is 0.230 e. The first kappa shape index (κ1) is 19.5. The van der Waals surface area contributed by atoms with Gasteiger partial charge in [-0.2, -0.15) is 0 Å². The van der Waals surface area contributed by atoms with Crippen molar-refractivity contribution in [3.8, 4) is 0 Å². The Morgan fingerprint density at radius 3 is 2.56 bits per heavy atom. The van der Waals surface area contributed by atoms with Crippen LogP contribution in [-0.4, -0.2) is 32.5 Å². The van der Waals surface area contributed by atoms with Crippen molar-refractivity contribution in [3.63, 3.8) is 0 Å². The van der Waals surface area contributed by atoms with Gasteiger partial charge >= 0.3 is 0 Å². The van der Waals surface area contributed by atoms with Crippen molar-refractivity contribution in [2.45, 2.75) is 58.3 Å². The number of carbonyl (C=O) groups is 1. The maximum absolute atomic E-state index is 12.2. The lowest BCUT2D eigenvalue weighted by molar-refractivity contribution is -0.119. The zero-order valence-electron chi connectivity index (χ0n) is 15.5. The highest BCUT2D eigenvalue weighted by Gasteiger charge is 2.13. The lowest BCUT2D eigenvalue weighted by Crippen LogP contribution is -2.34. The minimum absolute atomic E-state index is 0.0492. The largest absolute Gasteiger partial charge is 0.353 e. The fourth-order valence-electron chi connectivity index (χ4n) is 2.52. The molecule has 1 aromatic heterocycles. The van der Waals surface area contributed by atoms with E-state index in [1.807, 2.05) is 25.1 Å². The molecular formula is C19H28N4OS. The van der Waals surface area contributed by atoms with E-state index in [9.17, 15) is 4.79 Å². The second-order valence-corrected chi connectivity index (χ2v) is 7.77. The standard InChI is InChI=1S/C19H28N4OS/c1-14(2)10-11-15(3)20-18(24)13-25-19-22-21-16(4)23(19)12-17-8-6-5-7-9-17/h5-9,14-15H,10-13H2,1-4H3,(H,20,24). The molecule has 25 heavy (non-hydrogen) atoms. The Morgan fingerprint density at radius 1 is 1.16 bits per heavy atom. The number of nitrogens with zero attached hydrogens (tertiary/aromatic N) is 3. The van der Waals surface area contributed by atoms with Gasteiger partial charge in [-0.15, -0.1) is 10.2 Å². The molecule has 0 aliphatic carbocycles. The van der Waals surface area contributed by atoms with Crippen LogP contribution in [0.5, 0.6) is 0 Å². The molecule has 1 atom stereocenters. The van der Waals surface area contributed by atoms with Gasteiger partial charge in [0.1, 0.15) is 5.82 Å². The van der Waals surface area contributed by atoms with Gasteiger partial charge in [0, 0.05) is 6.04 Å². The molecule has 0 spiro atoms. The minimum Gasteiger partial charge on any atom is -0.353 e. The Labute approximate surface area is 154 Å². The summed E-state index contributed by atoms with van der Waals surface area (Å²) >= 11 is 1.44. The Balaban J connectivity index is 1.87. The molecule has 2 rings (SSSR count). The number of amides is 1. The Morgan fingerprint density at radius 2 is 1.88 bits per heavy atom. The van der Waals surface area contributed by atoms with Crippen molar-refractivity contribution in [1.82, 2.24) is 20.1 Å². The van der Waals surface area contributed by atoms with Crippen molar-refractivity contribution >= 4 is 17.7 Å². The molecule has 0 saturated heterocycles. The number of thioether (sulfide) groups is 1. The highest BCUT2D eigenvalue weighted by atomic mass is 32.2. The third-order valence-electron chi connectivity index (χ3n) is 4.00. The van der Waals surface area contributed by atoms with Crippen LogP contribution in [0.1, 0.15) is 45.0 Å². The van der Waals surface area contributed by atoms with Crippen LogP contribution in [0.15, 0.2) is 35.5 Å². The smallest absolute Gasteiger partial charge is 0.230 e. The van der Waals surface area contributed by atoms with Crippen molar-refractivity contribution in [2.24, 2.45) is 5.92 Å². The Hall–Kier alpha value is -1.82. The molecule has 5 nitrogen and oxygen atoms in total. The van der Waals surface area contributed by atoms with Crippen molar-refractivity contribution in [3.05, 3.63) is 41.7 Å². The molecule has 1 amide bonds. The van der Waals surface area contributed by atoms with Crippen molar-refractivity contribution in [2.75, 3.05) is 5.75 Å². The molecule has 0 aliphatic rings. The summed E-state index contributed by atoms with van der Waals surface area (Å²) in [5, 5.41) is 12.2. The van der Waals surface area contributed by atoms with Gasteiger partial charge in [-0.25, -0.2) is 0 Å². The average Bonchev–Trinajstić information content (AvgIpc) is 2.92. The van der Waals surface area contributed by atoms with Crippen molar-refractivity contribution < 1.29 is 4.79 Å². The zero-order chi connectivity index (χ0) is 18.2. The minimum atomic E-state index is 0.0492. The van der Waals surface area contributed by atoms with E-state index >= 15 is 0 Å². The summed E-state index contributed by atoms with van der Waals surface area (Å²) in [4.78, 5) is 12.2. The van der Waals surface area contributed by atoms with Gasteiger partial charge in [-0.1, -0.05) is 55.9 Å². The fraction of sp³-hybridized carbons (Fsp3) is 0.526. The first-order valence-electron chi connectivity index (χ1n) is 8.81. The lowest BCUT2D eigenvalue weighted by atomic mass is 10.0. The summed E-state index contributed by atoms with van der Waals surface area (Å²) in [6.45, 7) is 9.12. The van der Waals surface area contributed by atoms with E-state index in [1.165, 1.54) is 17.3 Å². The van der Waals surface area contributed by atoms with Crippen LogP contribution in [0.3, 0.4) is 0 Å². The van der Waals surface area contributed by atoms with E-state index in [1.54, 1.807) is 0 Å². The molecule has 0 aliphatic heterocycles. The van der Waals surface area contributed by atoms with Gasteiger partial charge < -0.3 is 9.88 Å². The first-order valence-corrected chi connectivity index (χ1v) is 9.80. The predicted molar refractivity (Wildman–Crippen MR) is 103 cm³/mol. The number of benzene rings is 1. The van der Waals surface area contributed by atoms with Gasteiger partial charge in [0.25, 0.3) is 0 Å². The van der Waals surface area contributed by atoms with E-state index in [-0.39, 0.29) is 11.9 Å². The summed E-state index contributed by atoms with van der Waals surface area (Å²) in [6, 6.07) is 10.4. The summed E-state index contributed by atoms with van der Waals surface area (Å²) < 4.78 is 2.05. The zero-order valence-corrected chi connectivity index (χ0v) is 16.3. The molecule has 0 radical (unpaired) electrons. The number of aromatic nitrogens is 3. The van der Waals surface area contributed by atoms with Crippen LogP contribution in [0.25, 0.3) is 0 Å². The number of hydrogen-bond acceptors (Lipinski definition) is 4. The molecule has 6 heteroatoms.